The van der Waals surface area contributed by atoms with Crippen LogP contribution in [0.1, 0.15) is 86.0 Å². The lowest BCUT2D eigenvalue weighted by Crippen LogP contribution is -2.52. The minimum absolute atomic E-state index is 0.0221. The van der Waals surface area contributed by atoms with Crippen molar-refractivity contribution >= 4 is 17.9 Å². The van der Waals surface area contributed by atoms with Crippen molar-refractivity contribution in [3.05, 3.63) is 11.6 Å². The van der Waals surface area contributed by atoms with E-state index in [2.05, 4.69) is 19.9 Å². The molecule has 0 aliphatic heterocycles. The second kappa shape index (κ2) is 9.07. The van der Waals surface area contributed by atoms with Crippen molar-refractivity contribution in [3.8, 4) is 0 Å². The van der Waals surface area contributed by atoms with E-state index >= 15 is 0 Å². The monoisotopic (exact) mass is 460 g/mol. The van der Waals surface area contributed by atoms with E-state index < -0.39 is 0 Å². The molecule has 0 aromatic rings. The Morgan fingerprint density at radius 3 is 2.39 bits per heavy atom. The highest BCUT2D eigenvalue weighted by Crippen LogP contribution is 2.66. The Labute approximate surface area is 197 Å². The topological polar surface area (TPSA) is 78.9 Å². The summed E-state index contributed by atoms with van der Waals surface area (Å²) in [6.07, 6.45) is 10.5. The quantitative estimate of drug-likeness (QED) is 0.327. The normalized spacial score (nSPS) is 40.4. The zero-order chi connectivity index (χ0) is 24.0. The Balaban J connectivity index is 1.54. The molecule has 8 atom stereocenters. The molecule has 4 rings (SSSR count). The molecule has 0 N–H and O–H groups in total. The van der Waals surface area contributed by atoms with Gasteiger partial charge < -0.3 is 14.2 Å². The Hall–Kier alpha value is -1.85. The van der Waals surface area contributed by atoms with Gasteiger partial charge in [-0.1, -0.05) is 25.5 Å². The van der Waals surface area contributed by atoms with Gasteiger partial charge in [-0.3, -0.25) is 14.4 Å². The van der Waals surface area contributed by atoms with Crippen molar-refractivity contribution in [2.45, 2.75) is 98.2 Å². The zero-order valence-electron chi connectivity index (χ0n) is 20.9. The van der Waals surface area contributed by atoms with E-state index in [0.717, 1.165) is 44.9 Å². The SMILES string of the molecule is CC(=O)OC[C@H](OC(C)=O)[C@H]1CCC2C3CC=C4C[C@@H](OC(C)=O)CC[C@]4(C)C3CC[C@@]21C. The molecule has 3 fully saturated rings. The van der Waals surface area contributed by atoms with Crippen LogP contribution >= 0.6 is 0 Å². The van der Waals surface area contributed by atoms with Gasteiger partial charge in [-0.2, -0.15) is 0 Å². The second-order valence-corrected chi connectivity index (χ2v) is 11.4. The first-order valence-electron chi connectivity index (χ1n) is 12.7. The van der Waals surface area contributed by atoms with Crippen molar-refractivity contribution in [1.29, 1.82) is 0 Å². The lowest BCUT2D eigenvalue weighted by Gasteiger charge is -2.58. The third-order valence-corrected chi connectivity index (χ3v) is 9.68. The highest BCUT2D eigenvalue weighted by atomic mass is 16.6. The highest BCUT2D eigenvalue weighted by Gasteiger charge is 2.60. The van der Waals surface area contributed by atoms with Crippen LogP contribution in [0.15, 0.2) is 11.6 Å². The summed E-state index contributed by atoms with van der Waals surface area (Å²) in [5.41, 5.74) is 1.76. The Morgan fingerprint density at radius 1 is 0.970 bits per heavy atom. The van der Waals surface area contributed by atoms with E-state index in [0.29, 0.717) is 17.8 Å². The maximum atomic E-state index is 11.8. The molecule has 0 spiro atoms. The first-order valence-corrected chi connectivity index (χ1v) is 12.7. The van der Waals surface area contributed by atoms with E-state index in [4.69, 9.17) is 14.2 Å². The molecule has 0 bridgehead atoms. The minimum Gasteiger partial charge on any atom is -0.462 e. The number of carbonyl (C=O) groups is 3. The molecule has 6 nitrogen and oxygen atoms in total. The molecular formula is C27H40O6. The standard InChI is InChI=1S/C27H40O6/c1-16(28)31-15-25(33-18(3)30)24-9-8-22-21-7-6-19-14-20(32-17(2)29)10-12-26(19,4)23(21)11-13-27(22,24)5/h6,20-25H,7-15H2,1-5H3/t20-,21?,22?,23?,24+,25-,26-,27-/m0/s1. The smallest absolute Gasteiger partial charge is 0.303 e. The van der Waals surface area contributed by atoms with Crippen LogP contribution in [0.2, 0.25) is 0 Å². The molecule has 0 heterocycles. The number of rotatable bonds is 5. The van der Waals surface area contributed by atoms with Gasteiger partial charge >= 0.3 is 17.9 Å². The van der Waals surface area contributed by atoms with Gasteiger partial charge in [0.05, 0.1) is 0 Å². The molecule has 4 aliphatic rings. The summed E-state index contributed by atoms with van der Waals surface area (Å²) in [6, 6.07) is 0. The van der Waals surface area contributed by atoms with Crippen LogP contribution in [-0.2, 0) is 28.6 Å². The maximum Gasteiger partial charge on any atom is 0.303 e. The van der Waals surface area contributed by atoms with E-state index in [1.807, 2.05) is 0 Å². The van der Waals surface area contributed by atoms with Crippen LogP contribution in [0, 0.1) is 34.5 Å². The molecule has 33 heavy (non-hydrogen) atoms. The van der Waals surface area contributed by atoms with E-state index in [9.17, 15) is 14.4 Å². The first-order chi connectivity index (χ1) is 15.5. The fraction of sp³-hybridized carbons (Fsp3) is 0.815. The lowest BCUT2D eigenvalue weighted by molar-refractivity contribution is -0.165. The molecule has 0 aromatic carbocycles. The van der Waals surface area contributed by atoms with Crippen molar-refractivity contribution in [2.24, 2.45) is 34.5 Å². The maximum absolute atomic E-state index is 11.8. The van der Waals surface area contributed by atoms with E-state index in [1.54, 1.807) is 0 Å². The van der Waals surface area contributed by atoms with Gasteiger partial charge in [0.2, 0.25) is 0 Å². The van der Waals surface area contributed by atoms with Gasteiger partial charge in [-0.15, -0.1) is 0 Å². The van der Waals surface area contributed by atoms with Crippen molar-refractivity contribution in [1.82, 2.24) is 0 Å². The lowest BCUT2D eigenvalue weighted by atomic mass is 9.47. The van der Waals surface area contributed by atoms with E-state index in [1.165, 1.54) is 32.8 Å². The number of hydrogen-bond donors (Lipinski definition) is 0. The zero-order valence-corrected chi connectivity index (χ0v) is 20.9. The van der Waals surface area contributed by atoms with Crippen molar-refractivity contribution in [2.75, 3.05) is 6.61 Å². The molecule has 0 radical (unpaired) electrons. The van der Waals surface area contributed by atoms with Crippen LogP contribution < -0.4 is 0 Å². The predicted octanol–water partition coefficient (Wildman–Crippen LogP) is 4.99. The van der Waals surface area contributed by atoms with Crippen LogP contribution in [-0.4, -0.2) is 36.7 Å². The number of ether oxygens (including phenoxy) is 3. The van der Waals surface area contributed by atoms with Gasteiger partial charge in [-0.05, 0) is 73.5 Å². The summed E-state index contributed by atoms with van der Waals surface area (Å²) >= 11 is 0. The minimum atomic E-state index is -0.373. The third-order valence-electron chi connectivity index (χ3n) is 9.68. The third kappa shape index (κ3) is 4.46. The number of carbonyl (C=O) groups excluding carboxylic acids is 3. The predicted molar refractivity (Wildman–Crippen MR) is 123 cm³/mol. The molecule has 0 amide bonds. The summed E-state index contributed by atoms with van der Waals surface area (Å²) in [5, 5.41) is 0. The summed E-state index contributed by atoms with van der Waals surface area (Å²) in [6.45, 7) is 9.31. The molecule has 3 saturated carbocycles. The Morgan fingerprint density at radius 2 is 1.73 bits per heavy atom. The summed E-state index contributed by atoms with van der Waals surface area (Å²) < 4.78 is 16.6. The van der Waals surface area contributed by atoms with Crippen LogP contribution in [0.5, 0.6) is 0 Å². The fourth-order valence-corrected chi connectivity index (χ4v) is 8.26. The van der Waals surface area contributed by atoms with Gasteiger partial charge in [-0.25, -0.2) is 0 Å². The first kappa shape index (κ1) is 24.3. The largest absolute Gasteiger partial charge is 0.462 e. The van der Waals surface area contributed by atoms with Gasteiger partial charge in [0.25, 0.3) is 0 Å². The molecule has 184 valence electrons. The highest BCUT2D eigenvalue weighted by molar-refractivity contribution is 5.67. The number of allylic oxidation sites excluding steroid dienone is 1. The summed E-state index contributed by atoms with van der Waals surface area (Å²) in [4.78, 5) is 34.8. The summed E-state index contributed by atoms with van der Waals surface area (Å²) in [5.74, 6) is 1.24. The average Bonchev–Trinajstić information content (AvgIpc) is 3.08. The molecule has 0 aromatic heterocycles. The molecule has 3 unspecified atom stereocenters. The van der Waals surface area contributed by atoms with Crippen molar-refractivity contribution in [3.63, 3.8) is 0 Å². The molecule has 4 aliphatic carbocycles. The van der Waals surface area contributed by atoms with Crippen LogP contribution in [0.3, 0.4) is 0 Å². The van der Waals surface area contributed by atoms with Gasteiger partial charge in [0.1, 0.15) is 18.8 Å². The number of fused-ring (bicyclic) bond motifs is 5. The fourth-order valence-electron chi connectivity index (χ4n) is 8.26. The van der Waals surface area contributed by atoms with Gasteiger partial charge in [0, 0.05) is 33.1 Å². The number of hydrogen-bond acceptors (Lipinski definition) is 6. The van der Waals surface area contributed by atoms with Crippen molar-refractivity contribution < 1.29 is 28.6 Å². The molecule has 6 heteroatoms. The second-order valence-electron chi connectivity index (χ2n) is 11.4. The summed E-state index contributed by atoms with van der Waals surface area (Å²) in [7, 11) is 0. The number of esters is 3. The van der Waals surface area contributed by atoms with Crippen LogP contribution in [0.25, 0.3) is 0 Å². The average molecular weight is 461 g/mol. The van der Waals surface area contributed by atoms with Gasteiger partial charge in [0.15, 0.2) is 0 Å². The van der Waals surface area contributed by atoms with E-state index in [-0.39, 0.29) is 53.5 Å². The van der Waals surface area contributed by atoms with Crippen LogP contribution in [0.4, 0.5) is 0 Å². The Bertz CT molecular complexity index is 832. The Kier molecular flexibility index (Phi) is 6.67. The molecule has 0 saturated heterocycles. The molecular weight excluding hydrogens is 420 g/mol.